The topological polar surface area (TPSA) is 86.9 Å². The third-order valence-corrected chi connectivity index (χ3v) is 3.27. The van der Waals surface area contributed by atoms with Gasteiger partial charge in [0.05, 0.1) is 18.1 Å². The molecular formula is C12H15FN4O2S. The van der Waals surface area contributed by atoms with Crippen LogP contribution in [0.1, 0.15) is 11.3 Å². The number of benzene rings is 1. The lowest BCUT2D eigenvalue weighted by molar-refractivity contribution is 0.604. The van der Waals surface area contributed by atoms with E-state index in [1.165, 1.54) is 18.2 Å². The van der Waals surface area contributed by atoms with Gasteiger partial charge >= 0.3 is 0 Å². The minimum atomic E-state index is -3.51. The summed E-state index contributed by atoms with van der Waals surface area (Å²) in [5.74, 6) is -0.625. The number of aromatic nitrogens is 2. The molecule has 1 heterocycles. The standard InChI is InChI=1S/C12H15FN4O2S/c1-8-9(7-15-16-8)6-14-10-3-4-11(13)12(5-10)17-20(2,18)19/h3-5,7,14,17H,6H2,1-2H3,(H,15,16). The summed E-state index contributed by atoms with van der Waals surface area (Å²) in [5.41, 5.74) is 2.45. The van der Waals surface area contributed by atoms with E-state index in [1.54, 1.807) is 6.20 Å². The molecule has 108 valence electrons. The molecule has 0 bridgehead atoms. The lowest BCUT2D eigenvalue weighted by Crippen LogP contribution is -2.11. The van der Waals surface area contributed by atoms with Gasteiger partial charge in [-0.3, -0.25) is 9.82 Å². The maximum Gasteiger partial charge on any atom is 0.229 e. The summed E-state index contributed by atoms with van der Waals surface area (Å²) in [4.78, 5) is 0. The predicted molar refractivity (Wildman–Crippen MR) is 75.5 cm³/mol. The van der Waals surface area contributed by atoms with Gasteiger partial charge in [-0.15, -0.1) is 0 Å². The number of nitrogens with zero attached hydrogens (tertiary/aromatic N) is 1. The lowest BCUT2D eigenvalue weighted by atomic mass is 10.2. The van der Waals surface area contributed by atoms with Gasteiger partial charge in [-0.1, -0.05) is 0 Å². The number of nitrogens with one attached hydrogen (secondary N) is 3. The van der Waals surface area contributed by atoms with Gasteiger partial charge in [-0.05, 0) is 25.1 Å². The Morgan fingerprint density at radius 1 is 1.40 bits per heavy atom. The molecule has 0 radical (unpaired) electrons. The zero-order valence-corrected chi connectivity index (χ0v) is 11.9. The zero-order chi connectivity index (χ0) is 14.8. The summed E-state index contributed by atoms with van der Waals surface area (Å²) >= 11 is 0. The van der Waals surface area contributed by atoms with Crippen LogP contribution in [0.25, 0.3) is 0 Å². The largest absolute Gasteiger partial charge is 0.381 e. The Balaban J connectivity index is 2.13. The highest BCUT2D eigenvalue weighted by atomic mass is 32.2. The van der Waals surface area contributed by atoms with E-state index >= 15 is 0 Å². The molecule has 0 saturated heterocycles. The number of hydrogen-bond donors (Lipinski definition) is 3. The molecule has 0 fully saturated rings. The van der Waals surface area contributed by atoms with Gasteiger partial charge in [-0.2, -0.15) is 5.10 Å². The average molecular weight is 298 g/mol. The second-order valence-electron chi connectivity index (χ2n) is 4.44. The molecule has 8 heteroatoms. The molecule has 0 aliphatic carbocycles. The van der Waals surface area contributed by atoms with Crippen molar-refractivity contribution in [3.05, 3.63) is 41.5 Å². The highest BCUT2D eigenvalue weighted by molar-refractivity contribution is 7.92. The number of sulfonamides is 1. The second kappa shape index (κ2) is 5.49. The van der Waals surface area contributed by atoms with Crippen LogP contribution >= 0.6 is 0 Å². The fraction of sp³-hybridized carbons (Fsp3) is 0.250. The minimum absolute atomic E-state index is 0.0820. The third-order valence-electron chi connectivity index (χ3n) is 2.68. The van der Waals surface area contributed by atoms with Crippen LogP contribution in [-0.2, 0) is 16.6 Å². The van der Waals surface area contributed by atoms with Crippen LogP contribution in [0.4, 0.5) is 15.8 Å². The van der Waals surface area contributed by atoms with Gasteiger partial charge in [0.1, 0.15) is 5.82 Å². The number of H-pyrrole nitrogens is 1. The van der Waals surface area contributed by atoms with Crippen molar-refractivity contribution in [1.82, 2.24) is 10.2 Å². The number of rotatable bonds is 5. The SMILES string of the molecule is Cc1[nH]ncc1CNc1ccc(F)c(NS(C)(=O)=O)c1. The Kier molecular flexibility index (Phi) is 3.93. The normalized spacial score (nSPS) is 11.3. The highest BCUT2D eigenvalue weighted by Crippen LogP contribution is 2.21. The smallest absolute Gasteiger partial charge is 0.229 e. The first-order chi connectivity index (χ1) is 9.35. The molecule has 0 saturated carbocycles. The molecule has 0 aliphatic rings. The van der Waals surface area contributed by atoms with E-state index < -0.39 is 15.8 Å². The van der Waals surface area contributed by atoms with Crippen molar-refractivity contribution in [2.45, 2.75) is 13.5 Å². The molecule has 6 nitrogen and oxygen atoms in total. The van der Waals surface area contributed by atoms with E-state index in [2.05, 4.69) is 20.2 Å². The van der Waals surface area contributed by atoms with Crippen LogP contribution in [0.5, 0.6) is 0 Å². The summed E-state index contributed by atoms with van der Waals surface area (Å²) in [6, 6.07) is 4.15. The van der Waals surface area contributed by atoms with Crippen molar-refractivity contribution in [3.8, 4) is 0 Å². The number of anilines is 2. The third kappa shape index (κ3) is 3.70. The second-order valence-corrected chi connectivity index (χ2v) is 6.19. The monoisotopic (exact) mass is 298 g/mol. The molecule has 3 N–H and O–H groups in total. The molecule has 1 aromatic carbocycles. The van der Waals surface area contributed by atoms with Crippen LogP contribution in [0.15, 0.2) is 24.4 Å². The molecule has 2 rings (SSSR count). The van der Waals surface area contributed by atoms with Crippen LogP contribution < -0.4 is 10.0 Å². The van der Waals surface area contributed by atoms with Gasteiger partial charge in [-0.25, -0.2) is 12.8 Å². The molecule has 0 aliphatic heterocycles. The molecule has 2 aromatic rings. The van der Waals surface area contributed by atoms with E-state index in [0.717, 1.165) is 17.5 Å². The van der Waals surface area contributed by atoms with Crippen molar-refractivity contribution in [3.63, 3.8) is 0 Å². The minimum Gasteiger partial charge on any atom is -0.381 e. The van der Waals surface area contributed by atoms with Crippen molar-refractivity contribution in [2.75, 3.05) is 16.3 Å². The van der Waals surface area contributed by atoms with Crippen LogP contribution in [-0.4, -0.2) is 24.9 Å². The van der Waals surface area contributed by atoms with E-state index in [0.29, 0.717) is 12.2 Å². The average Bonchev–Trinajstić information content (AvgIpc) is 2.74. The van der Waals surface area contributed by atoms with Crippen LogP contribution in [0.3, 0.4) is 0 Å². The Bertz CT molecular complexity index is 712. The number of hydrogen-bond acceptors (Lipinski definition) is 4. The maximum atomic E-state index is 13.5. The van der Waals surface area contributed by atoms with E-state index in [-0.39, 0.29) is 5.69 Å². The van der Waals surface area contributed by atoms with Crippen LogP contribution in [0.2, 0.25) is 0 Å². The molecule has 0 atom stereocenters. The van der Waals surface area contributed by atoms with E-state index in [4.69, 9.17) is 0 Å². The summed E-state index contributed by atoms with van der Waals surface area (Å²) in [7, 11) is -3.51. The van der Waals surface area contributed by atoms with Gasteiger partial charge in [0.15, 0.2) is 0 Å². The van der Waals surface area contributed by atoms with E-state index in [1.807, 2.05) is 6.92 Å². The number of aryl methyl sites for hydroxylation is 1. The fourth-order valence-corrected chi connectivity index (χ4v) is 2.22. The van der Waals surface area contributed by atoms with Crippen molar-refractivity contribution in [2.24, 2.45) is 0 Å². The van der Waals surface area contributed by atoms with E-state index in [9.17, 15) is 12.8 Å². The van der Waals surface area contributed by atoms with Crippen molar-refractivity contribution in [1.29, 1.82) is 0 Å². The quantitative estimate of drug-likeness (QED) is 0.786. The van der Waals surface area contributed by atoms with Gasteiger partial charge in [0, 0.05) is 23.5 Å². The summed E-state index contributed by atoms with van der Waals surface area (Å²) in [5, 5.41) is 9.79. The van der Waals surface area contributed by atoms with Crippen molar-refractivity contribution >= 4 is 21.4 Å². The van der Waals surface area contributed by atoms with Gasteiger partial charge in [0.25, 0.3) is 0 Å². The molecule has 0 amide bonds. The van der Waals surface area contributed by atoms with Gasteiger partial charge < -0.3 is 5.32 Å². The lowest BCUT2D eigenvalue weighted by Gasteiger charge is -2.10. The highest BCUT2D eigenvalue weighted by Gasteiger charge is 2.09. The molecule has 1 aromatic heterocycles. The maximum absolute atomic E-state index is 13.5. The fourth-order valence-electron chi connectivity index (χ4n) is 1.66. The van der Waals surface area contributed by atoms with Crippen LogP contribution in [0, 0.1) is 12.7 Å². The molecule has 20 heavy (non-hydrogen) atoms. The first kappa shape index (κ1) is 14.3. The molecular weight excluding hydrogens is 283 g/mol. The number of halogens is 1. The zero-order valence-electron chi connectivity index (χ0n) is 11.1. The summed E-state index contributed by atoms with van der Waals surface area (Å²) in [6.07, 6.45) is 2.67. The predicted octanol–water partition coefficient (Wildman–Crippen LogP) is 1.84. The summed E-state index contributed by atoms with van der Waals surface area (Å²) in [6.45, 7) is 2.40. The number of aromatic amines is 1. The Morgan fingerprint density at radius 2 is 2.15 bits per heavy atom. The Morgan fingerprint density at radius 3 is 2.75 bits per heavy atom. The first-order valence-electron chi connectivity index (χ1n) is 5.85. The first-order valence-corrected chi connectivity index (χ1v) is 7.74. The Labute approximate surface area is 116 Å². The Hall–Kier alpha value is -2.09. The summed E-state index contributed by atoms with van der Waals surface area (Å²) < 4.78 is 37.9. The van der Waals surface area contributed by atoms with Crippen molar-refractivity contribution < 1.29 is 12.8 Å². The molecule has 0 spiro atoms. The molecule has 0 unspecified atom stereocenters. The van der Waals surface area contributed by atoms with Gasteiger partial charge in [0.2, 0.25) is 10.0 Å².